The van der Waals surface area contributed by atoms with Gasteiger partial charge >= 0.3 is 0 Å². The van der Waals surface area contributed by atoms with Crippen molar-refractivity contribution in [3.63, 3.8) is 0 Å². The average molecular weight is 358 g/mol. The van der Waals surface area contributed by atoms with Gasteiger partial charge in [0, 0.05) is 12.6 Å². The van der Waals surface area contributed by atoms with Crippen LogP contribution in [0.15, 0.2) is 0 Å². The van der Waals surface area contributed by atoms with E-state index >= 15 is 0 Å². The maximum Gasteiger partial charge on any atom is 0.240 e. The van der Waals surface area contributed by atoms with Crippen molar-refractivity contribution in [2.75, 3.05) is 19.6 Å². The van der Waals surface area contributed by atoms with E-state index in [9.17, 15) is 14.4 Å². The van der Waals surface area contributed by atoms with Crippen LogP contribution >= 0.6 is 12.4 Å². The van der Waals surface area contributed by atoms with Crippen LogP contribution in [0.1, 0.15) is 26.2 Å². The number of carbonyl (C=O) groups is 3. The highest BCUT2D eigenvalue weighted by Crippen LogP contribution is 2.48. The van der Waals surface area contributed by atoms with Crippen LogP contribution in [-0.2, 0) is 19.1 Å². The summed E-state index contributed by atoms with van der Waals surface area (Å²) >= 11 is 0. The average Bonchev–Trinajstić information content (AvgIpc) is 3.19. The maximum atomic E-state index is 12.5. The molecule has 0 saturated carbocycles. The Balaban J connectivity index is 0.00000169. The molecule has 7 nitrogen and oxygen atoms in total. The fourth-order valence-electron chi connectivity index (χ4n) is 4.51. The summed E-state index contributed by atoms with van der Waals surface area (Å²) in [6, 6.07) is 0.0584. The number of imide groups is 1. The van der Waals surface area contributed by atoms with Gasteiger partial charge in [0.15, 0.2) is 0 Å². The molecule has 0 radical (unpaired) electrons. The number of nitrogens with zero attached hydrogens (tertiary/aromatic N) is 1. The standard InChI is InChI=1S/C16H23N3O4.ClH/c1-8-4-5-17-6-9(8)18-12(20)7-19-15(21)13-10-2-3-11(23-10)14(13)16(19)22;/h8-11,13-14,17H,2-7H2,1H3,(H,18,20);1H. The third-order valence-corrected chi connectivity index (χ3v) is 5.85. The number of hydrogen-bond donors (Lipinski definition) is 2. The van der Waals surface area contributed by atoms with Crippen molar-refractivity contribution in [1.82, 2.24) is 15.5 Å². The molecule has 4 aliphatic heterocycles. The molecule has 4 aliphatic rings. The molecule has 0 spiro atoms. The Kier molecular flexibility index (Phi) is 4.86. The number of amides is 3. The van der Waals surface area contributed by atoms with E-state index in [0.29, 0.717) is 5.92 Å². The van der Waals surface area contributed by atoms with Crippen molar-refractivity contribution in [1.29, 1.82) is 0 Å². The van der Waals surface area contributed by atoms with Gasteiger partial charge in [0.1, 0.15) is 6.54 Å². The Labute approximate surface area is 147 Å². The van der Waals surface area contributed by atoms with E-state index in [1.807, 2.05) is 0 Å². The van der Waals surface area contributed by atoms with Gasteiger partial charge in [0.25, 0.3) is 0 Å². The normalized spacial score (nSPS) is 40.5. The monoisotopic (exact) mass is 357 g/mol. The van der Waals surface area contributed by atoms with E-state index in [2.05, 4.69) is 17.6 Å². The molecular weight excluding hydrogens is 334 g/mol. The summed E-state index contributed by atoms with van der Waals surface area (Å²) in [5.74, 6) is -1.02. The predicted molar refractivity (Wildman–Crippen MR) is 87.4 cm³/mol. The smallest absolute Gasteiger partial charge is 0.240 e. The lowest BCUT2D eigenvalue weighted by Crippen LogP contribution is -2.53. The summed E-state index contributed by atoms with van der Waals surface area (Å²) in [4.78, 5) is 38.5. The van der Waals surface area contributed by atoms with E-state index in [4.69, 9.17) is 4.74 Å². The Morgan fingerprint density at radius 2 is 1.83 bits per heavy atom. The molecule has 0 aromatic rings. The van der Waals surface area contributed by atoms with E-state index in [0.717, 1.165) is 37.3 Å². The second-order valence-corrected chi connectivity index (χ2v) is 7.25. The summed E-state index contributed by atoms with van der Waals surface area (Å²) in [7, 11) is 0. The fraction of sp³-hybridized carbons (Fsp3) is 0.812. The predicted octanol–water partition coefficient (Wildman–Crippen LogP) is -0.315. The van der Waals surface area contributed by atoms with Crippen molar-refractivity contribution < 1.29 is 19.1 Å². The first-order chi connectivity index (χ1) is 11.1. The van der Waals surface area contributed by atoms with E-state index in [1.165, 1.54) is 0 Å². The summed E-state index contributed by atoms with van der Waals surface area (Å²) in [5.41, 5.74) is 0. The zero-order valence-corrected chi connectivity index (χ0v) is 14.5. The van der Waals surface area contributed by atoms with Gasteiger partial charge in [-0.1, -0.05) is 6.92 Å². The minimum atomic E-state index is -0.357. The minimum absolute atomic E-state index is 0. The van der Waals surface area contributed by atoms with Crippen LogP contribution in [0.3, 0.4) is 0 Å². The number of ether oxygens (including phenoxy) is 1. The molecule has 24 heavy (non-hydrogen) atoms. The van der Waals surface area contributed by atoms with Crippen LogP contribution in [-0.4, -0.2) is 60.5 Å². The SMILES string of the molecule is CC1CCNCC1NC(=O)CN1C(=O)C2C3CCC(O3)C2C1=O.Cl. The molecule has 8 heteroatoms. The number of carbonyl (C=O) groups excluding carboxylic acids is 3. The molecule has 3 amide bonds. The van der Waals surface area contributed by atoms with Crippen LogP contribution in [0, 0.1) is 17.8 Å². The summed E-state index contributed by atoms with van der Waals surface area (Å²) < 4.78 is 5.69. The van der Waals surface area contributed by atoms with Gasteiger partial charge < -0.3 is 15.4 Å². The zero-order chi connectivity index (χ0) is 16.1. The molecule has 0 aliphatic carbocycles. The lowest BCUT2D eigenvalue weighted by molar-refractivity contribution is -0.146. The summed E-state index contributed by atoms with van der Waals surface area (Å²) in [6.07, 6.45) is 2.44. The Morgan fingerprint density at radius 1 is 1.21 bits per heavy atom. The highest BCUT2D eigenvalue weighted by atomic mass is 35.5. The van der Waals surface area contributed by atoms with Crippen molar-refractivity contribution in [2.24, 2.45) is 17.8 Å². The Bertz CT molecular complexity index is 529. The third kappa shape index (κ3) is 2.72. The largest absolute Gasteiger partial charge is 0.373 e. The van der Waals surface area contributed by atoms with Gasteiger partial charge in [-0.05, 0) is 31.7 Å². The number of likely N-dealkylation sites (tertiary alicyclic amines) is 1. The second-order valence-electron chi connectivity index (χ2n) is 7.25. The maximum absolute atomic E-state index is 12.5. The third-order valence-electron chi connectivity index (χ3n) is 5.85. The molecule has 4 heterocycles. The molecule has 6 unspecified atom stereocenters. The van der Waals surface area contributed by atoms with Crippen LogP contribution in [0.25, 0.3) is 0 Å². The van der Waals surface area contributed by atoms with Gasteiger partial charge in [-0.2, -0.15) is 0 Å². The van der Waals surface area contributed by atoms with Crippen molar-refractivity contribution in [3.05, 3.63) is 0 Å². The van der Waals surface area contributed by atoms with Crippen molar-refractivity contribution in [2.45, 2.75) is 44.4 Å². The highest BCUT2D eigenvalue weighted by Gasteiger charge is 2.62. The Morgan fingerprint density at radius 3 is 2.42 bits per heavy atom. The number of nitrogens with one attached hydrogen (secondary N) is 2. The van der Waals surface area contributed by atoms with Crippen molar-refractivity contribution >= 4 is 30.1 Å². The second kappa shape index (κ2) is 6.61. The molecule has 0 aromatic heterocycles. The first-order valence-electron chi connectivity index (χ1n) is 8.57. The molecule has 4 saturated heterocycles. The van der Waals surface area contributed by atoms with Crippen LogP contribution in [0.4, 0.5) is 0 Å². The number of piperidine rings is 1. The van der Waals surface area contributed by atoms with Crippen LogP contribution in [0.5, 0.6) is 0 Å². The number of fused-ring (bicyclic) bond motifs is 5. The van der Waals surface area contributed by atoms with E-state index in [-0.39, 0.29) is 66.8 Å². The van der Waals surface area contributed by atoms with Gasteiger partial charge in [0.05, 0.1) is 24.0 Å². The van der Waals surface area contributed by atoms with E-state index < -0.39 is 0 Å². The molecule has 2 bridgehead atoms. The van der Waals surface area contributed by atoms with Crippen LogP contribution < -0.4 is 10.6 Å². The number of hydrogen-bond acceptors (Lipinski definition) is 5. The summed E-state index contributed by atoms with van der Waals surface area (Å²) in [5, 5.41) is 6.22. The van der Waals surface area contributed by atoms with Gasteiger partial charge in [-0.15, -0.1) is 12.4 Å². The molecule has 6 atom stereocenters. The molecule has 134 valence electrons. The molecular formula is C16H24ClN3O4. The number of rotatable bonds is 3. The topological polar surface area (TPSA) is 87.7 Å². The van der Waals surface area contributed by atoms with Crippen molar-refractivity contribution in [3.8, 4) is 0 Å². The molecule has 4 fully saturated rings. The minimum Gasteiger partial charge on any atom is -0.373 e. The lowest BCUT2D eigenvalue weighted by Gasteiger charge is -2.30. The Hall–Kier alpha value is -1.18. The molecule has 0 aromatic carbocycles. The van der Waals surface area contributed by atoms with Gasteiger partial charge in [0.2, 0.25) is 17.7 Å². The van der Waals surface area contributed by atoms with E-state index in [1.54, 1.807) is 0 Å². The highest BCUT2D eigenvalue weighted by molar-refractivity contribution is 6.08. The summed E-state index contributed by atoms with van der Waals surface area (Å²) in [6.45, 7) is 3.64. The molecule has 2 N–H and O–H groups in total. The van der Waals surface area contributed by atoms with Gasteiger partial charge in [-0.3, -0.25) is 19.3 Å². The molecule has 4 rings (SSSR count). The first-order valence-corrected chi connectivity index (χ1v) is 8.57. The van der Waals surface area contributed by atoms with Crippen LogP contribution in [0.2, 0.25) is 0 Å². The first kappa shape index (κ1) is 17.6. The number of halogens is 1. The van der Waals surface area contributed by atoms with Gasteiger partial charge in [-0.25, -0.2) is 0 Å². The fourth-order valence-corrected chi connectivity index (χ4v) is 4.51. The lowest BCUT2D eigenvalue weighted by atomic mass is 9.81. The zero-order valence-electron chi connectivity index (χ0n) is 13.7. The quantitative estimate of drug-likeness (QED) is 0.676.